The van der Waals surface area contributed by atoms with Gasteiger partial charge in [0.15, 0.2) is 0 Å². The van der Waals surface area contributed by atoms with Gasteiger partial charge >= 0.3 is 0 Å². The molecule has 202 valence electrons. The highest BCUT2D eigenvalue weighted by molar-refractivity contribution is 7.93. The number of hydrogen-bond acceptors (Lipinski definition) is 7. The average Bonchev–Trinajstić information content (AvgIpc) is 2.93. The van der Waals surface area contributed by atoms with E-state index in [0.29, 0.717) is 17.2 Å². The van der Waals surface area contributed by atoms with Crippen LogP contribution >= 0.6 is 0 Å². The number of para-hydroxylation sites is 1. The minimum Gasteiger partial charge on any atom is -0.497 e. The maximum Gasteiger partial charge on any atom is 0.262 e. The fourth-order valence-corrected chi connectivity index (χ4v) is 5.75. The van der Waals surface area contributed by atoms with Crippen LogP contribution < -0.4 is 24.2 Å². The quantitative estimate of drug-likeness (QED) is 0.255. The topological polar surface area (TPSA) is 140 Å². The molecule has 0 spiro atoms. The van der Waals surface area contributed by atoms with E-state index in [4.69, 9.17) is 9.47 Å². The normalized spacial score (nSPS) is 11.3. The molecule has 4 aromatic carbocycles. The molecule has 0 unspecified atom stereocenters. The third-order valence-electron chi connectivity index (χ3n) is 5.54. The third kappa shape index (κ3) is 6.48. The highest BCUT2D eigenvalue weighted by atomic mass is 32.2. The Balaban J connectivity index is 1.51. The summed E-state index contributed by atoms with van der Waals surface area (Å²) in [5.74, 6) is 0.166. The fourth-order valence-electron chi connectivity index (χ4n) is 3.59. The van der Waals surface area contributed by atoms with Crippen LogP contribution in [-0.4, -0.2) is 37.0 Å². The lowest BCUT2D eigenvalue weighted by Crippen LogP contribution is -2.18. The first-order valence-corrected chi connectivity index (χ1v) is 14.4. The van der Waals surface area contributed by atoms with E-state index in [0.717, 1.165) is 0 Å². The SMILES string of the molecule is COc1ccc(OC)c(NS(=O)(=O)c2ccc(NC(=O)c3ccccc3NS(=O)(=O)c3ccccc3)cc2)c1. The molecule has 0 aromatic heterocycles. The van der Waals surface area contributed by atoms with Gasteiger partial charge in [0.05, 0.1) is 40.9 Å². The molecule has 1 amide bonds. The third-order valence-corrected chi connectivity index (χ3v) is 8.31. The number of sulfonamides is 2. The van der Waals surface area contributed by atoms with Gasteiger partial charge in [-0.3, -0.25) is 14.2 Å². The number of ether oxygens (including phenoxy) is 2. The molecular formula is C27H25N3O7S2. The van der Waals surface area contributed by atoms with Crippen molar-refractivity contribution >= 4 is 43.0 Å². The smallest absolute Gasteiger partial charge is 0.262 e. The molecule has 0 fully saturated rings. The summed E-state index contributed by atoms with van der Waals surface area (Å²) in [4.78, 5) is 13.0. The van der Waals surface area contributed by atoms with Crippen molar-refractivity contribution in [3.05, 3.63) is 103 Å². The lowest BCUT2D eigenvalue weighted by atomic mass is 10.1. The zero-order valence-corrected chi connectivity index (χ0v) is 22.5. The molecule has 0 aliphatic carbocycles. The lowest BCUT2D eigenvalue weighted by Gasteiger charge is -2.14. The van der Waals surface area contributed by atoms with Crippen LogP contribution in [0.2, 0.25) is 0 Å². The zero-order valence-electron chi connectivity index (χ0n) is 20.9. The fraction of sp³-hybridized carbons (Fsp3) is 0.0741. The summed E-state index contributed by atoms with van der Waals surface area (Å²) >= 11 is 0. The maximum absolute atomic E-state index is 13.0. The summed E-state index contributed by atoms with van der Waals surface area (Å²) in [6.45, 7) is 0. The van der Waals surface area contributed by atoms with Crippen molar-refractivity contribution in [3.63, 3.8) is 0 Å². The minimum absolute atomic E-state index is 0.0529. The number of carbonyl (C=O) groups is 1. The lowest BCUT2D eigenvalue weighted by molar-refractivity contribution is 0.102. The highest BCUT2D eigenvalue weighted by Gasteiger charge is 2.20. The number of carbonyl (C=O) groups excluding carboxylic acids is 1. The van der Waals surface area contributed by atoms with Crippen LogP contribution in [0.15, 0.2) is 107 Å². The molecule has 12 heteroatoms. The van der Waals surface area contributed by atoms with E-state index in [1.807, 2.05) is 0 Å². The van der Waals surface area contributed by atoms with Crippen molar-refractivity contribution in [1.82, 2.24) is 0 Å². The predicted octanol–water partition coefficient (Wildman–Crippen LogP) is 4.56. The summed E-state index contributed by atoms with van der Waals surface area (Å²) < 4.78 is 66.7. The molecule has 0 aliphatic rings. The Kier molecular flexibility index (Phi) is 8.07. The van der Waals surface area contributed by atoms with E-state index in [9.17, 15) is 21.6 Å². The standard InChI is InChI=1S/C27H25N3O7S2/c1-36-20-14-17-26(37-2)25(18-20)30-39(34,35)22-15-12-19(13-16-22)28-27(31)23-10-6-7-11-24(23)29-38(32,33)21-8-4-3-5-9-21/h3-18,29-30H,1-2H3,(H,28,31). The van der Waals surface area contributed by atoms with Crippen LogP contribution in [0.5, 0.6) is 11.5 Å². The number of nitrogens with one attached hydrogen (secondary N) is 3. The Morgan fingerprint density at radius 2 is 1.23 bits per heavy atom. The molecule has 0 heterocycles. The number of hydrogen-bond donors (Lipinski definition) is 3. The first-order valence-electron chi connectivity index (χ1n) is 11.5. The van der Waals surface area contributed by atoms with Crippen LogP contribution in [0.4, 0.5) is 17.1 Å². The van der Waals surface area contributed by atoms with Gasteiger partial charge in [-0.1, -0.05) is 30.3 Å². The number of rotatable bonds is 10. The second-order valence-electron chi connectivity index (χ2n) is 8.11. The van der Waals surface area contributed by atoms with E-state index in [2.05, 4.69) is 14.8 Å². The van der Waals surface area contributed by atoms with Crippen molar-refractivity contribution in [2.24, 2.45) is 0 Å². The molecule has 4 aromatic rings. The number of benzene rings is 4. The molecule has 0 aliphatic heterocycles. The predicted molar refractivity (Wildman–Crippen MR) is 148 cm³/mol. The van der Waals surface area contributed by atoms with Crippen molar-refractivity contribution in [3.8, 4) is 11.5 Å². The van der Waals surface area contributed by atoms with Crippen molar-refractivity contribution < 1.29 is 31.1 Å². The highest BCUT2D eigenvalue weighted by Crippen LogP contribution is 2.31. The average molecular weight is 568 g/mol. The molecule has 0 atom stereocenters. The first kappa shape index (κ1) is 27.5. The van der Waals surface area contributed by atoms with E-state index < -0.39 is 26.0 Å². The summed E-state index contributed by atoms with van der Waals surface area (Å²) in [6, 6.07) is 24.1. The van der Waals surface area contributed by atoms with E-state index >= 15 is 0 Å². The Morgan fingerprint density at radius 1 is 0.641 bits per heavy atom. The van der Waals surface area contributed by atoms with Gasteiger partial charge in [0.25, 0.3) is 26.0 Å². The number of methoxy groups -OCH3 is 2. The van der Waals surface area contributed by atoms with Crippen LogP contribution in [0.1, 0.15) is 10.4 Å². The van der Waals surface area contributed by atoms with Gasteiger partial charge in [0.1, 0.15) is 11.5 Å². The second kappa shape index (κ2) is 11.5. The summed E-state index contributed by atoms with van der Waals surface area (Å²) in [6.07, 6.45) is 0. The van der Waals surface area contributed by atoms with Crippen molar-refractivity contribution in [1.29, 1.82) is 0 Å². The van der Waals surface area contributed by atoms with Crippen molar-refractivity contribution in [2.45, 2.75) is 9.79 Å². The van der Waals surface area contributed by atoms with Crippen LogP contribution in [-0.2, 0) is 20.0 Å². The molecule has 10 nitrogen and oxygen atoms in total. The van der Waals surface area contributed by atoms with Gasteiger partial charge < -0.3 is 14.8 Å². The Morgan fingerprint density at radius 3 is 1.87 bits per heavy atom. The molecule has 39 heavy (non-hydrogen) atoms. The maximum atomic E-state index is 13.0. The van der Waals surface area contributed by atoms with E-state index in [1.54, 1.807) is 42.5 Å². The van der Waals surface area contributed by atoms with E-state index in [1.165, 1.54) is 68.8 Å². The Bertz CT molecular complexity index is 1690. The summed E-state index contributed by atoms with van der Waals surface area (Å²) in [5, 5.41) is 2.66. The number of amides is 1. The van der Waals surface area contributed by atoms with Gasteiger partial charge in [-0.2, -0.15) is 0 Å². The molecule has 4 rings (SSSR count). The number of anilines is 3. The van der Waals surface area contributed by atoms with Gasteiger partial charge in [0.2, 0.25) is 0 Å². The molecule has 3 N–H and O–H groups in total. The Hall–Kier alpha value is -4.55. The summed E-state index contributed by atoms with van der Waals surface area (Å²) in [7, 11) is -5.04. The molecule has 0 radical (unpaired) electrons. The van der Waals surface area contributed by atoms with Gasteiger partial charge in [0, 0.05) is 11.8 Å². The van der Waals surface area contributed by atoms with Gasteiger partial charge in [-0.05, 0) is 60.7 Å². The van der Waals surface area contributed by atoms with Gasteiger partial charge in [-0.25, -0.2) is 16.8 Å². The van der Waals surface area contributed by atoms with Gasteiger partial charge in [-0.15, -0.1) is 0 Å². The van der Waals surface area contributed by atoms with Crippen molar-refractivity contribution in [2.75, 3.05) is 29.0 Å². The van der Waals surface area contributed by atoms with E-state index in [-0.39, 0.29) is 26.7 Å². The van der Waals surface area contributed by atoms with Crippen LogP contribution in [0, 0.1) is 0 Å². The molecular weight excluding hydrogens is 542 g/mol. The van der Waals surface area contributed by atoms with Crippen LogP contribution in [0.25, 0.3) is 0 Å². The zero-order chi connectivity index (χ0) is 28.0. The first-order chi connectivity index (χ1) is 18.6. The molecule has 0 saturated heterocycles. The Labute approximate surface area is 226 Å². The monoisotopic (exact) mass is 567 g/mol. The largest absolute Gasteiger partial charge is 0.497 e. The van der Waals surface area contributed by atoms with Crippen LogP contribution in [0.3, 0.4) is 0 Å². The summed E-state index contributed by atoms with van der Waals surface area (Å²) in [5.41, 5.74) is 0.678. The minimum atomic E-state index is -4.00. The molecule has 0 bridgehead atoms. The molecule has 0 saturated carbocycles. The second-order valence-corrected chi connectivity index (χ2v) is 11.5.